The van der Waals surface area contributed by atoms with E-state index in [1.807, 2.05) is 0 Å². The molecule has 5 N–H and O–H groups in total. The first kappa shape index (κ1) is 18.6. The van der Waals surface area contributed by atoms with Gasteiger partial charge in [0.05, 0.1) is 11.3 Å². The highest BCUT2D eigenvalue weighted by atomic mass is 16.2. The van der Waals surface area contributed by atoms with Gasteiger partial charge in [0.1, 0.15) is 0 Å². The van der Waals surface area contributed by atoms with E-state index in [1.54, 1.807) is 48.5 Å². The summed E-state index contributed by atoms with van der Waals surface area (Å²) in [5.74, 6) is -0.603. The molecule has 1 fully saturated rings. The van der Waals surface area contributed by atoms with Crippen molar-refractivity contribution in [2.45, 2.75) is 12.8 Å². The number of anilines is 2. The summed E-state index contributed by atoms with van der Waals surface area (Å²) in [6.45, 7) is 0.684. The summed E-state index contributed by atoms with van der Waals surface area (Å²) in [6, 6.07) is 13.5. The summed E-state index contributed by atoms with van der Waals surface area (Å²) >= 11 is 0. The van der Waals surface area contributed by atoms with Crippen LogP contribution in [0, 0.1) is 5.92 Å². The lowest BCUT2D eigenvalue weighted by Crippen LogP contribution is -2.30. The number of carbonyl (C=O) groups excluding carboxylic acids is 3. The van der Waals surface area contributed by atoms with E-state index in [9.17, 15) is 14.4 Å². The third-order valence-electron chi connectivity index (χ3n) is 4.19. The van der Waals surface area contributed by atoms with Gasteiger partial charge in [-0.2, -0.15) is 0 Å². The van der Waals surface area contributed by atoms with Gasteiger partial charge in [0.15, 0.2) is 0 Å². The van der Waals surface area contributed by atoms with E-state index in [-0.39, 0.29) is 23.6 Å². The average Bonchev–Trinajstić information content (AvgIpc) is 3.52. The molecular formula is C20H22N4O3. The maximum absolute atomic E-state index is 12.6. The molecule has 0 unspecified atom stereocenters. The van der Waals surface area contributed by atoms with Gasteiger partial charge >= 0.3 is 0 Å². The molecule has 0 heterocycles. The van der Waals surface area contributed by atoms with Crippen molar-refractivity contribution < 1.29 is 14.4 Å². The first-order valence-electron chi connectivity index (χ1n) is 8.88. The maximum Gasteiger partial charge on any atom is 0.255 e. The molecule has 0 spiro atoms. The third-order valence-corrected chi connectivity index (χ3v) is 4.19. The van der Waals surface area contributed by atoms with E-state index in [1.165, 1.54) is 0 Å². The average molecular weight is 366 g/mol. The van der Waals surface area contributed by atoms with Gasteiger partial charge in [0, 0.05) is 30.3 Å². The zero-order chi connectivity index (χ0) is 19.2. The van der Waals surface area contributed by atoms with Crippen LogP contribution in [-0.2, 0) is 4.79 Å². The molecule has 0 aliphatic heterocycles. The molecule has 0 atom stereocenters. The smallest absolute Gasteiger partial charge is 0.255 e. The number of nitrogens with one attached hydrogen (secondary N) is 3. The van der Waals surface area contributed by atoms with Crippen LogP contribution in [0.15, 0.2) is 48.5 Å². The second-order valence-corrected chi connectivity index (χ2v) is 6.39. The highest BCUT2D eigenvalue weighted by Crippen LogP contribution is 2.30. The van der Waals surface area contributed by atoms with Gasteiger partial charge in [-0.1, -0.05) is 18.2 Å². The van der Waals surface area contributed by atoms with Crippen LogP contribution in [0.3, 0.4) is 0 Å². The van der Waals surface area contributed by atoms with E-state index in [0.717, 1.165) is 12.8 Å². The quantitative estimate of drug-likeness (QED) is 0.600. The number of para-hydroxylation sites is 1. The first-order chi connectivity index (χ1) is 13.1. The molecule has 3 amide bonds. The largest absolute Gasteiger partial charge is 0.351 e. The Labute approximate surface area is 157 Å². The van der Waals surface area contributed by atoms with Crippen LogP contribution in [-0.4, -0.2) is 30.8 Å². The SMILES string of the molecule is NCCNC(=O)c1ccccc1NC(=O)c1cccc(NC(=O)C2CC2)c1. The van der Waals surface area contributed by atoms with Crippen molar-refractivity contribution >= 4 is 29.1 Å². The van der Waals surface area contributed by atoms with Crippen LogP contribution in [0.2, 0.25) is 0 Å². The van der Waals surface area contributed by atoms with Gasteiger partial charge < -0.3 is 21.7 Å². The lowest BCUT2D eigenvalue weighted by atomic mass is 10.1. The Kier molecular flexibility index (Phi) is 5.83. The van der Waals surface area contributed by atoms with Crippen LogP contribution in [0.5, 0.6) is 0 Å². The van der Waals surface area contributed by atoms with Gasteiger partial charge in [0.25, 0.3) is 11.8 Å². The van der Waals surface area contributed by atoms with Gasteiger partial charge in [-0.05, 0) is 43.2 Å². The zero-order valence-corrected chi connectivity index (χ0v) is 14.8. The van der Waals surface area contributed by atoms with E-state index < -0.39 is 0 Å². The molecule has 1 aliphatic carbocycles. The fourth-order valence-corrected chi connectivity index (χ4v) is 2.59. The van der Waals surface area contributed by atoms with Crippen LogP contribution < -0.4 is 21.7 Å². The molecule has 0 radical (unpaired) electrons. The molecule has 7 heteroatoms. The number of hydrogen-bond donors (Lipinski definition) is 4. The Morgan fingerprint density at radius 1 is 0.963 bits per heavy atom. The van der Waals surface area contributed by atoms with Gasteiger partial charge in [-0.15, -0.1) is 0 Å². The van der Waals surface area contributed by atoms with Gasteiger partial charge in [-0.3, -0.25) is 14.4 Å². The molecule has 0 bridgehead atoms. The minimum Gasteiger partial charge on any atom is -0.351 e. The maximum atomic E-state index is 12.6. The molecule has 1 saturated carbocycles. The number of amides is 3. The number of hydrogen-bond acceptors (Lipinski definition) is 4. The fraction of sp³-hybridized carbons (Fsp3) is 0.250. The summed E-state index contributed by atoms with van der Waals surface area (Å²) in [5.41, 5.74) is 7.14. The summed E-state index contributed by atoms with van der Waals surface area (Å²) in [6.07, 6.45) is 1.82. The first-order valence-corrected chi connectivity index (χ1v) is 8.88. The number of carbonyl (C=O) groups is 3. The third kappa shape index (κ3) is 4.92. The molecule has 2 aromatic carbocycles. The molecule has 7 nitrogen and oxygen atoms in total. The standard InChI is InChI=1S/C20H22N4O3/c21-10-11-22-20(27)16-6-1-2-7-17(16)24-19(26)14-4-3-5-15(12-14)23-18(25)13-8-9-13/h1-7,12-13H,8-11,21H2,(H,22,27)(H,23,25)(H,24,26). The number of nitrogens with two attached hydrogens (primary N) is 1. The molecular weight excluding hydrogens is 344 g/mol. The minimum atomic E-state index is -0.364. The lowest BCUT2D eigenvalue weighted by molar-refractivity contribution is -0.117. The Bertz CT molecular complexity index is 862. The van der Waals surface area contributed by atoms with Crippen molar-refractivity contribution in [2.24, 2.45) is 11.7 Å². The predicted molar refractivity (Wildman–Crippen MR) is 104 cm³/mol. The van der Waals surface area contributed by atoms with Crippen molar-refractivity contribution in [2.75, 3.05) is 23.7 Å². The predicted octanol–water partition coefficient (Wildman–Crippen LogP) is 1.98. The normalized spacial score (nSPS) is 12.9. The highest BCUT2D eigenvalue weighted by Gasteiger charge is 2.29. The molecule has 2 aromatic rings. The number of rotatable bonds is 7. The van der Waals surface area contributed by atoms with Crippen molar-refractivity contribution in [3.05, 3.63) is 59.7 Å². The van der Waals surface area contributed by atoms with Crippen molar-refractivity contribution in [1.82, 2.24) is 5.32 Å². The van der Waals surface area contributed by atoms with Gasteiger partial charge in [-0.25, -0.2) is 0 Å². The van der Waals surface area contributed by atoms with Crippen LogP contribution in [0.25, 0.3) is 0 Å². The molecule has 27 heavy (non-hydrogen) atoms. The Morgan fingerprint density at radius 2 is 1.74 bits per heavy atom. The second kappa shape index (κ2) is 8.46. The fourth-order valence-electron chi connectivity index (χ4n) is 2.59. The Morgan fingerprint density at radius 3 is 2.48 bits per heavy atom. The monoisotopic (exact) mass is 366 g/mol. The Balaban J connectivity index is 1.72. The van der Waals surface area contributed by atoms with Crippen molar-refractivity contribution in [3.63, 3.8) is 0 Å². The molecule has 0 saturated heterocycles. The van der Waals surface area contributed by atoms with Crippen molar-refractivity contribution in [3.8, 4) is 0 Å². The zero-order valence-electron chi connectivity index (χ0n) is 14.8. The minimum absolute atomic E-state index is 0.0190. The summed E-state index contributed by atoms with van der Waals surface area (Å²) in [4.78, 5) is 36.7. The van der Waals surface area contributed by atoms with E-state index in [2.05, 4.69) is 16.0 Å². The van der Waals surface area contributed by atoms with Crippen molar-refractivity contribution in [1.29, 1.82) is 0 Å². The Hall–Kier alpha value is -3.19. The van der Waals surface area contributed by atoms with E-state index >= 15 is 0 Å². The van der Waals surface area contributed by atoms with Crippen LogP contribution in [0.4, 0.5) is 11.4 Å². The van der Waals surface area contributed by atoms with E-state index in [4.69, 9.17) is 5.73 Å². The topological polar surface area (TPSA) is 113 Å². The number of benzene rings is 2. The summed E-state index contributed by atoms with van der Waals surface area (Å²) < 4.78 is 0. The molecule has 1 aliphatic rings. The second-order valence-electron chi connectivity index (χ2n) is 6.39. The molecule has 0 aromatic heterocycles. The molecule has 140 valence electrons. The lowest BCUT2D eigenvalue weighted by Gasteiger charge is -2.12. The van der Waals surface area contributed by atoms with Gasteiger partial charge in [0.2, 0.25) is 5.91 Å². The summed E-state index contributed by atoms with van der Waals surface area (Å²) in [7, 11) is 0. The molecule has 3 rings (SSSR count). The van der Waals surface area contributed by atoms with Crippen LogP contribution >= 0.6 is 0 Å². The highest BCUT2D eigenvalue weighted by molar-refractivity contribution is 6.09. The summed E-state index contributed by atoms with van der Waals surface area (Å²) in [5, 5.41) is 8.26. The van der Waals surface area contributed by atoms with E-state index in [0.29, 0.717) is 35.6 Å². The van der Waals surface area contributed by atoms with Crippen LogP contribution in [0.1, 0.15) is 33.6 Å².